The first-order valence-electron chi connectivity index (χ1n) is 5.73. The molecule has 0 aliphatic heterocycles. The highest BCUT2D eigenvalue weighted by Crippen LogP contribution is 2.20. The van der Waals surface area contributed by atoms with E-state index in [0.29, 0.717) is 12.4 Å². The molecular weight excluding hydrogens is 248 g/mol. The predicted octanol–water partition coefficient (Wildman–Crippen LogP) is 3.59. The van der Waals surface area contributed by atoms with E-state index >= 15 is 0 Å². The van der Waals surface area contributed by atoms with E-state index in [1.54, 1.807) is 29.5 Å². The standard InChI is InChI=1S/C14H14O3S/c1-2-12-6-7-13(18-12)9-17-11-5-3-4-10(8-11)14(15)16/h3-8H,2,9H2,1H3,(H,15,16). The van der Waals surface area contributed by atoms with Crippen molar-refractivity contribution in [3.8, 4) is 5.75 Å². The molecule has 1 aromatic carbocycles. The van der Waals surface area contributed by atoms with Crippen LogP contribution in [-0.2, 0) is 13.0 Å². The Labute approximate surface area is 110 Å². The minimum atomic E-state index is -0.940. The molecule has 0 aliphatic carbocycles. The summed E-state index contributed by atoms with van der Waals surface area (Å²) in [6, 6.07) is 10.7. The molecule has 3 nitrogen and oxygen atoms in total. The van der Waals surface area contributed by atoms with Crippen LogP contribution < -0.4 is 4.74 Å². The number of aryl methyl sites for hydroxylation is 1. The second kappa shape index (κ2) is 5.69. The van der Waals surface area contributed by atoms with Gasteiger partial charge in [-0.3, -0.25) is 0 Å². The first-order chi connectivity index (χ1) is 8.69. The molecule has 1 aromatic heterocycles. The summed E-state index contributed by atoms with van der Waals surface area (Å²) in [7, 11) is 0. The number of hydrogen-bond donors (Lipinski definition) is 1. The molecule has 0 amide bonds. The van der Waals surface area contributed by atoms with Crippen LogP contribution in [-0.4, -0.2) is 11.1 Å². The third-order valence-corrected chi connectivity index (χ3v) is 3.73. The topological polar surface area (TPSA) is 46.5 Å². The van der Waals surface area contributed by atoms with Gasteiger partial charge in [-0.05, 0) is 36.8 Å². The number of aromatic carboxylic acids is 1. The van der Waals surface area contributed by atoms with Crippen molar-refractivity contribution in [1.29, 1.82) is 0 Å². The maximum atomic E-state index is 10.8. The molecule has 1 heterocycles. The fraction of sp³-hybridized carbons (Fsp3) is 0.214. The Morgan fingerprint density at radius 3 is 2.72 bits per heavy atom. The molecule has 0 fully saturated rings. The second-order valence-electron chi connectivity index (χ2n) is 3.84. The Hall–Kier alpha value is -1.81. The smallest absolute Gasteiger partial charge is 0.335 e. The lowest BCUT2D eigenvalue weighted by Crippen LogP contribution is -1.98. The highest BCUT2D eigenvalue weighted by atomic mass is 32.1. The van der Waals surface area contributed by atoms with Crippen LogP contribution in [0, 0.1) is 0 Å². The zero-order chi connectivity index (χ0) is 13.0. The number of carboxylic acid groups (broad SMARTS) is 1. The van der Waals surface area contributed by atoms with Crippen LogP contribution in [0.15, 0.2) is 36.4 Å². The average Bonchev–Trinajstić information content (AvgIpc) is 2.84. The summed E-state index contributed by atoms with van der Waals surface area (Å²) in [4.78, 5) is 13.3. The van der Waals surface area contributed by atoms with E-state index < -0.39 is 5.97 Å². The van der Waals surface area contributed by atoms with Gasteiger partial charge in [-0.25, -0.2) is 4.79 Å². The Kier molecular flexibility index (Phi) is 3.99. The Morgan fingerprint density at radius 1 is 1.28 bits per heavy atom. The van der Waals surface area contributed by atoms with Gasteiger partial charge in [0.2, 0.25) is 0 Å². The number of ether oxygens (including phenoxy) is 1. The normalized spacial score (nSPS) is 10.3. The van der Waals surface area contributed by atoms with Gasteiger partial charge in [-0.2, -0.15) is 0 Å². The molecule has 0 atom stereocenters. The zero-order valence-corrected chi connectivity index (χ0v) is 10.9. The maximum absolute atomic E-state index is 10.8. The van der Waals surface area contributed by atoms with E-state index in [1.807, 2.05) is 6.07 Å². The lowest BCUT2D eigenvalue weighted by Gasteiger charge is -2.05. The third kappa shape index (κ3) is 3.11. The van der Waals surface area contributed by atoms with E-state index in [9.17, 15) is 4.79 Å². The summed E-state index contributed by atoms with van der Waals surface area (Å²) < 4.78 is 5.59. The van der Waals surface area contributed by atoms with Gasteiger partial charge in [-0.15, -0.1) is 11.3 Å². The molecule has 2 aromatic rings. The molecule has 0 aliphatic rings. The van der Waals surface area contributed by atoms with Gasteiger partial charge in [0.15, 0.2) is 0 Å². The molecular formula is C14H14O3S. The van der Waals surface area contributed by atoms with Gasteiger partial charge in [0, 0.05) is 9.75 Å². The monoisotopic (exact) mass is 262 g/mol. The van der Waals surface area contributed by atoms with Gasteiger partial charge in [0.25, 0.3) is 0 Å². The van der Waals surface area contributed by atoms with Crippen LogP contribution in [0.5, 0.6) is 5.75 Å². The van der Waals surface area contributed by atoms with Crippen molar-refractivity contribution in [2.24, 2.45) is 0 Å². The Balaban J connectivity index is 2.01. The molecule has 0 unspecified atom stereocenters. The molecule has 0 spiro atoms. The first-order valence-corrected chi connectivity index (χ1v) is 6.54. The lowest BCUT2D eigenvalue weighted by molar-refractivity contribution is 0.0696. The van der Waals surface area contributed by atoms with Crippen molar-refractivity contribution in [3.05, 3.63) is 51.7 Å². The van der Waals surface area contributed by atoms with E-state index in [0.717, 1.165) is 11.3 Å². The predicted molar refractivity (Wildman–Crippen MR) is 71.4 cm³/mol. The first kappa shape index (κ1) is 12.6. The van der Waals surface area contributed by atoms with Crippen LogP contribution in [0.25, 0.3) is 0 Å². The summed E-state index contributed by atoms with van der Waals surface area (Å²) in [5.41, 5.74) is 0.243. The fourth-order valence-electron chi connectivity index (χ4n) is 1.56. The highest BCUT2D eigenvalue weighted by Gasteiger charge is 2.04. The molecule has 1 N–H and O–H groups in total. The lowest BCUT2D eigenvalue weighted by atomic mass is 10.2. The number of thiophene rings is 1. The molecule has 0 bridgehead atoms. The molecule has 18 heavy (non-hydrogen) atoms. The molecule has 2 rings (SSSR count). The molecule has 94 valence electrons. The fourth-order valence-corrected chi connectivity index (χ4v) is 2.43. The summed E-state index contributed by atoms with van der Waals surface area (Å²) in [6.45, 7) is 2.60. The van der Waals surface area contributed by atoms with Crippen molar-refractivity contribution < 1.29 is 14.6 Å². The largest absolute Gasteiger partial charge is 0.488 e. The van der Waals surface area contributed by atoms with Gasteiger partial charge in [0.1, 0.15) is 12.4 Å². The molecule has 0 radical (unpaired) electrons. The zero-order valence-electron chi connectivity index (χ0n) is 10.1. The van der Waals surface area contributed by atoms with E-state index in [2.05, 4.69) is 13.0 Å². The van der Waals surface area contributed by atoms with Gasteiger partial charge < -0.3 is 9.84 Å². The van der Waals surface area contributed by atoms with Crippen LogP contribution in [0.3, 0.4) is 0 Å². The van der Waals surface area contributed by atoms with Crippen LogP contribution in [0.4, 0.5) is 0 Å². The van der Waals surface area contributed by atoms with E-state index in [-0.39, 0.29) is 5.56 Å². The SMILES string of the molecule is CCc1ccc(COc2cccc(C(=O)O)c2)s1. The van der Waals surface area contributed by atoms with Crippen molar-refractivity contribution >= 4 is 17.3 Å². The molecule has 4 heteroatoms. The minimum Gasteiger partial charge on any atom is -0.488 e. The number of hydrogen-bond acceptors (Lipinski definition) is 3. The summed E-state index contributed by atoms with van der Waals surface area (Å²) in [5.74, 6) is -0.355. The third-order valence-electron chi connectivity index (χ3n) is 2.53. The maximum Gasteiger partial charge on any atom is 0.335 e. The number of rotatable bonds is 5. The summed E-state index contributed by atoms with van der Waals surface area (Å²) in [5, 5.41) is 8.88. The van der Waals surface area contributed by atoms with Crippen LogP contribution >= 0.6 is 11.3 Å². The Morgan fingerprint density at radius 2 is 2.06 bits per heavy atom. The quantitative estimate of drug-likeness (QED) is 0.895. The summed E-state index contributed by atoms with van der Waals surface area (Å²) >= 11 is 1.72. The summed E-state index contributed by atoms with van der Waals surface area (Å²) in [6.07, 6.45) is 1.03. The van der Waals surface area contributed by atoms with E-state index in [4.69, 9.17) is 9.84 Å². The Bertz CT molecular complexity index is 545. The average molecular weight is 262 g/mol. The number of carboxylic acids is 1. The van der Waals surface area contributed by atoms with Crippen molar-refractivity contribution in [1.82, 2.24) is 0 Å². The van der Waals surface area contributed by atoms with Crippen LogP contribution in [0.1, 0.15) is 27.0 Å². The highest BCUT2D eigenvalue weighted by molar-refractivity contribution is 7.11. The molecule has 0 saturated carbocycles. The number of benzene rings is 1. The van der Waals surface area contributed by atoms with Crippen molar-refractivity contribution in [3.63, 3.8) is 0 Å². The van der Waals surface area contributed by atoms with Crippen molar-refractivity contribution in [2.75, 3.05) is 0 Å². The van der Waals surface area contributed by atoms with Gasteiger partial charge >= 0.3 is 5.97 Å². The minimum absolute atomic E-state index is 0.243. The number of carbonyl (C=O) groups is 1. The molecule has 0 saturated heterocycles. The van der Waals surface area contributed by atoms with Gasteiger partial charge in [0.05, 0.1) is 5.56 Å². The van der Waals surface area contributed by atoms with Crippen LogP contribution in [0.2, 0.25) is 0 Å². The van der Waals surface area contributed by atoms with E-state index in [1.165, 1.54) is 10.9 Å². The van der Waals surface area contributed by atoms with Gasteiger partial charge in [-0.1, -0.05) is 13.0 Å². The van der Waals surface area contributed by atoms with Crippen molar-refractivity contribution in [2.45, 2.75) is 20.0 Å². The second-order valence-corrected chi connectivity index (χ2v) is 5.10.